The van der Waals surface area contributed by atoms with Crippen molar-refractivity contribution in [2.24, 2.45) is 0 Å². The van der Waals surface area contributed by atoms with Gasteiger partial charge in [-0.15, -0.1) is 0 Å². The molecule has 0 fully saturated rings. The van der Waals surface area contributed by atoms with E-state index in [9.17, 15) is 0 Å². The van der Waals surface area contributed by atoms with Gasteiger partial charge in [-0.2, -0.15) is 0 Å². The second-order valence-corrected chi connectivity index (χ2v) is 3.48. The third-order valence-electron chi connectivity index (χ3n) is 1.75. The van der Waals surface area contributed by atoms with Crippen molar-refractivity contribution in [1.29, 1.82) is 0 Å². The Hall–Kier alpha value is -1.00. The van der Waals surface area contributed by atoms with Crippen LogP contribution in [0, 0.1) is 0 Å². The number of nitrogens with zero attached hydrogens (tertiary/aromatic N) is 2. The van der Waals surface area contributed by atoms with E-state index >= 15 is 0 Å². The summed E-state index contributed by atoms with van der Waals surface area (Å²) in [5, 5.41) is 3.30. The molecule has 0 aliphatic heterocycles. The fraction of sp³-hybridized carbons (Fsp3) is 0.600. The Morgan fingerprint density at radius 2 is 2.00 bits per heavy atom. The SMILES string of the molecule is COCc1ncc(CNC(C)C)cn1. The maximum Gasteiger partial charge on any atom is 0.153 e. The van der Waals surface area contributed by atoms with Gasteiger partial charge in [-0.25, -0.2) is 9.97 Å². The third-order valence-corrected chi connectivity index (χ3v) is 1.75. The number of hydrogen-bond acceptors (Lipinski definition) is 4. The van der Waals surface area contributed by atoms with Gasteiger partial charge in [-0.3, -0.25) is 0 Å². The molecule has 0 spiro atoms. The Balaban J connectivity index is 2.46. The largest absolute Gasteiger partial charge is 0.377 e. The first-order chi connectivity index (χ1) is 6.72. The quantitative estimate of drug-likeness (QED) is 0.765. The highest BCUT2D eigenvalue weighted by atomic mass is 16.5. The second-order valence-electron chi connectivity index (χ2n) is 3.48. The smallest absolute Gasteiger partial charge is 0.153 e. The van der Waals surface area contributed by atoms with Crippen LogP contribution in [-0.2, 0) is 17.9 Å². The molecule has 1 aromatic rings. The average Bonchev–Trinajstić information content (AvgIpc) is 2.17. The lowest BCUT2D eigenvalue weighted by Crippen LogP contribution is -2.22. The van der Waals surface area contributed by atoms with Crippen molar-refractivity contribution in [3.63, 3.8) is 0 Å². The van der Waals surface area contributed by atoms with Crippen LogP contribution >= 0.6 is 0 Å². The van der Waals surface area contributed by atoms with Crippen molar-refractivity contribution in [2.45, 2.75) is 33.0 Å². The fourth-order valence-electron chi connectivity index (χ4n) is 0.998. The molecule has 0 bridgehead atoms. The highest BCUT2D eigenvalue weighted by molar-refractivity contribution is 5.04. The Kier molecular flexibility index (Phi) is 4.49. The number of hydrogen-bond donors (Lipinski definition) is 1. The highest BCUT2D eigenvalue weighted by Gasteiger charge is 1.98. The van der Waals surface area contributed by atoms with Gasteiger partial charge in [0.05, 0.1) is 0 Å². The summed E-state index contributed by atoms with van der Waals surface area (Å²) in [5.74, 6) is 0.723. The average molecular weight is 195 g/mol. The first-order valence-electron chi connectivity index (χ1n) is 4.74. The molecular weight excluding hydrogens is 178 g/mol. The van der Waals surface area contributed by atoms with Crippen molar-refractivity contribution in [3.05, 3.63) is 23.8 Å². The van der Waals surface area contributed by atoms with Gasteiger partial charge in [-0.05, 0) is 0 Å². The first-order valence-corrected chi connectivity index (χ1v) is 4.74. The summed E-state index contributed by atoms with van der Waals surface area (Å²) in [6, 6.07) is 0.480. The van der Waals surface area contributed by atoms with Crippen LogP contribution in [0.1, 0.15) is 25.2 Å². The fourth-order valence-corrected chi connectivity index (χ4v) is 0.998. The molecule has 4 heteroatoms. The van der Waals surface area contributed by atoms with Crippen LogP contribution in [0.4, 0.5) is 0 Å². The summed E-state index contributed by atoms with van der Waals surface area (Å²) in [5.41, 5.74) is 1.10. The lowest BCUT2D eigenvalue weighted by atomic mass is 10.3. The molecule has 0 aliphatic carbocycles. The molecule has 1 aromatic heterocycles. The van der Waals surface area contributed by atoms with Gasteiger partial charge >= 0.3 is 0 Å². The zero-order valence-corrected chi connectivity index (χ0v) is 8.95. The summed E-state index contributed by atoms with van der Waals surface area (Å²) < 4.78 is 4.93. The summed E-state index contributed by atoms with van der Waals surface area (Å²) in [6.45, 7) is 5.50. The molecule has 1 N–H and O–H groups in total. The number of ether oxygens (including phenoxy) is 1. The van der Waals surface area contributed by atoms with Gasteiger partial charge in [0.25, 0.3) is 0 Å². The minimum Gasteiger partial charge on any atom is -0.377 e. The first kappa shape index (κ1) is 11.1. The van der Waals surface area contributed by atoms with E-state index in [0.29, 0.717) is 12.6 Å². The molecule has 0 radical (unpaired) electrons. The van der Waals surface area contributed by atoms with Crippen molar-refractivity contribution in [3.8, 4) is 0 Å². The van der Waals surface area contributed by atoms with E-state index in [2.05, 4.69) is 29.1 Å². The Morgan fingerprint density at radius 3 is 2.50 bits per heavy atom. The lowest BCUT2D eigenvalue weighted by molar-refractivity contribution is 0.177. The normalized spacial score (nSPS) is 10.9. The van der Waals surface area contributed by atoms with Crippen LogP contribution in [0.3, 0.4) is 0 Å². The van der Waals surface area contributed by atoms with Gasteiger partial charge < -0.3 is 10.1 Å². The highest BCUT2D eigenvalue weighted by Crippen LogP contribution is 1.97. The molecule has 1 heterocycles. The van der Waals surface area contributed by atoms with Gasteiger partial charge in [0, 0.05) is 37.7 Å². The molecule has 4 nitrogen and oxygen atoms in total. The molecule has 0 saturated heterocycles. The monoisotopic (exact) mass is 195 g/mol. The van der Waals surface area contributed by atoms with E-state index in [1.807, 2.05) is 12.4 Å². The van der Waals surface area contributed by atoms with Gasteiger partial charge in [0.15, 0.2) is 5.82 Å². The molecule has 78 valence electrons. The van der Waals surface area contributed by atoms with Crippen molar-refractivity contribution in [2.75, 3.05) is 7.11 Å². The molecular formula is C10H17N3O. The molecule has 0 amide bonds. The Morgan fingerprint density at radius 1 is 1.36 bits per heavy atom. The van der Waals surface area contributed by atoms with Crippen molar-refractivity contribution < 1.29 is 4.74 Å². The van der Waals surface area contributed by atoms with Gasteiger partial charge in [0.1, 0.15) is 6.61 Å². The van der Waals surface area contributed by atoms with E-state index in [1.54, 1.807) is 7.11 Å². The van der Waals surface area contributed by atoms with E-state index < -0.39 is 0 Å². The molecule has 14 heavy (non-hydrogen) atoms. The Bertz CT molecular complexity index is 259. The van der Waals surface area contributed by atoms with E-state index in [-0.39, 0.29) is 0 Å². The van der Waals surface area contributed by atoms with E-state index in [0.717, 1.165) is 17.9 Å². The Labute approximate surface area is 84.7 Å². The van der Waals surface area contributed by atoms with Gasteiger partial charge in [-0.1, -0.05) is 13.8 Å². The molecule has 0 unspecified atom stereocenters. The predicted octanol–water partition coefficient (Wildman–Crippen LogP) is 1.12. The maximum atomic E-state index is 4.93. The molecule has 0 saturated carbocycles. The molecule has 1 rings (SSSR count). The number of methoxy groups -OCH3 is 1. The van der Waals surface area contributed by atoms with Crippen LogP contribution < -0.4 is 5.32 Å². The maximum absolute atomic E-state index is 4.93. The van der Waals surface area contributed by atoms with Gasteiger partial charge in [0.2, 0.25) is 0 Å². The number of nitrogens with one attached hydrogen (secondary N) is 1. The summed E-state index contributed by atoms with van der Waals surface area (Å²) >= 11 is 0. The second kappa shape index (κ2) is 5.67. The van der Waals surface area contributed by atoms with Crippen LogP contribution in [0.15, 0.2) is 12.4 Å². The minimum absolute atomic E-state index is 0.470. The van der Waals surface area contributed by atoms with Crippen molar-refractivity contribution in [1.82, 2.24) is 15.3 Å². The summed E-state index contributed by atoms with van der Waals surface area (Å²) in [6.07, 6.45) is 3.66. The van der Waals surface area contributed by atoms with Crippen LogP contribution in [0.5, 0.6) is 0 Å². The zero-order valence-electron chi connectivity index (χ0n) is 8.95. The summed E-state index contributed by atoms with van der Waals surface area (Å²) in [4.78, 5) is 8.34. The lowest BCUT2D eigenvalue weighted by Gasteiger charge is -2.07. The van der Waals surface area contributed by atoms with Crippen LogP contribution in [-0.4, -0.2) is 23.1 Å². The molecule has 0 aliphatic rings. The van der Waals surface area contributed by atoms with Crippen molar-refractivity contribution >= 4 is 0 Å². The standard InChI is InChI=1S/C10H17N3O/c1-8(2)11-4-9-5-12-10(7-14-3)13-6-9/h5-6,8,11H,4,7H2,1-3H3. The van der Waals surface area contributed by atoms with E-state index in [1.165, 1.54) is 0 Å². The van der Waals surface area contributed by atoms with Crippen LogP contribution in [0.25, 0.3) is 0 Å². The summed E-state index contributed by atoms with van der Waals surface area (Å²) in [7, 11) is 1.64. The molecule has 0 aromatic carbocycles. The predicted molar refractivity (Wildman–Crippen MR) is 54.7 cm³/mol. The zero-order chi connectivity index (χ0) is 10.4. The molecule has 0 atom stereocenters. The third kappa shape index (κ3) is 3.81. The topological polar surface area (TPSA) is 47.0 Å². The number of rotatable bonds is 5. The van der Waals surface area contributed by atoms with E-state index in [4.69, 9.17) is 4.74 Å². The number of aromatic nitrogens is 2. The minimum atomic E-state index is 0.470. The van der Waals surface area contributed by atoms with Crippen LogP contribution in [0.2, 0.25) is 0 Å².